The van der Waals surface area contributed by atoms with Crippen molar-refractivity contribution in [3.05, 3.63) is 19.7 Å². The van der Waals surface area contributed by atoms with E-state index in [-0.39, 0.29) is 0 Å². The minimum absolute atomic E-state index is 1.01. The van der Waals surface area contributed by atoms with Crippen molar-refractivity contribution in [2.75, 3.05) is 0 Å². The second kappa shape index (κ2) is 6.47. The summed E-state index contributed by atoms with van der Waals surface area (Å²) in [5.74, 6) is 0. The molecule has 0 aliphatic heterocycles. The molecule has 0 N–H and O–H groups in total. The van der Waals surface area contributed by atoms with Crippen molar-refractivity contribution < 1.29 is 16.3 Å². The number of rotatable bonds is 0. The summed E-state index contributed by atoms with van der Waals surface area (Å²) in [5, 5.41) is 4.96. The first-order valence-electron chi connectivity index (χ1n) is 1.87. The van der Waals surface area contributed by atoms with Gasteiger partial charge in [-0.1, -0.05) is 20.4 Å². The van der Waals surface area contributed by atoms with Gasteiger partial charge in [-0.15, -0.1) is 31.2 Å². The zero-order valence-corrected chi connectivity index (χ0v) is 12.9. The Kier molecular flexibility index (Phi) is 7.74. The summed E-state index contributed by atoms with van der Waals surface area (Å²) in [6, 6.07) is 0. The Bertz CT molecular complexity index is 148. The van der Waals surface area contributed by atoms with Crippen LogP contribution in [0.15, 0.2) is 14.3 Å². The van der Waals surface area contributed by atoms with Gasteiger partial charge in [-0.3, -0.25) is 0 Å². The summed E-state index contributed by atoms with van der Waals surface area (Å²) in [5.41, 5.74) is 0. The van der Waals surface area contributed by atoms with Crippen LogP contribution in [0.4, 0.5) is 0 Å². The summed E-state index contributed by atoms with van der Waals surface area (Å²) >= 11 is 12.4. The summed E-state index contributed by atoms with van der Waals surface area (Å²) in [7, 11) is 0. The van der Waals surface area contributed by atoms with Gasteiger partial charge in [0.2, 0.25) is 0 Å². The monoisotopic (exact) mass is 382 g/mol. The molecule has 0 nitrogen and oxygen atoms in total. The van der Waals surface area contributed by atoms with E-state index < -0.39 is 0 Å². The van der Waals surface area contributed by atoms with Gasteiger partial charge in [-0.25, -0.2) is 0 Å². The van der Waals surface area contributed by atoms with Crippen molar-refractivity contribution in [3.63, 3.8) is 0 Å². The van der Waals surface area contributed by atoms with Gasteiger partial charge in [0.05, 0.1) is 0 Å². The fourth-order valence-electron chi connectivity index (χ4n) is 0.233. The number of thiophene rings is 1. The Labute approximate surface area is 91.7 Å². The van der Waals surface area contributed by atoms with E-state index in [1.54, 1.807) is 11.3 Å². The summed E-state index contributed by atoms with van der Waals surface area (Å²) in [4.78, 5) is 0. The fourth-order valence-corrected chi connectivity index (χ4v) is 1.78. The van der Waals surface area contributed by atoms with Crippen LogP contribution in [0.2, 0.25) is 0 Å². The molecule has 0 radical (unpaired) electrons. The predicted octanol–water partition coefficient (Wildman–Crippen LogP) is 3.92. The number of hydrogen-bond donors (Lipinski definition) is 0. The third-order valence-corrected chi connectivity index (χ3v) is 3.54. The van der Waals surface area contributed by atoms with E-state index in [2.05, 4.69) is 50.9 Å². The third kappa shape index (κ3) is 4.25. The molecule has 0 saturated heterocycles. The van der Waals surface area contributed by atoms with E-state index >= 15 is 0 Å². The van der Waals surface area contributed by atoms with Crippen molar-refractivity contribution in [2.45, 2.75) is 0 Å². The van der Waals surface area contributed by atoms with E-state index in [0.29, 0.717) is 0 Å². The van der Waals surface area contributed by atoms with Crippen LogP contribution >= 0.6 is 56.8 Å². The van der Waals surface area contributed by atoms with Crippen LogP contribution in [-0.2, 0) is 16.3 Å². The molecule has 0 aliphatic carbocycles. The normalized spacial score (nSPS) is 8.11. The topological polar surface area (TPSA) is 0 Å². The van der Waals surface area contributed by atoms with Gasteiger partial charge >= 0.3 is 30.0 Å². The zero-order chi connectivity index (χ0) is 7.28. The molecule has 0 unspecified atom stereocenters. The van der Waals surface area contributed by atoms with E-state index in [4.69, 9.17) is 0 Å². The molecule has 1 aromatic rings. The van der Waals surface area contributed by atoms with Gasteiger partial charge in [0.15, 0.2) is 0 Å². The van der Waals surface area contributed by atoms with Crippen molar-refractivity contribution in [2.24, 2.45) is 0 Å². The first kappa shape index (κ1) is 10.8. The van der Waals surface area contributed by atoms with Crippen LogP contribution < -0.4 is 0 Å². The molecule has 0 aromatic carbocycles. The Balaban J connectivity index is 0.000000291. The summed E-state index contributed by atoms with van der Waals surface area (Å²) in [6.45, 7) is 0. The molecule has 1 rings (SSSR count). The third-order valence-electron chi connectivity index (χ3n) is 0.521. The standard InChI is InChI=1S/C4HBr2S.BrH.Zn/c5-3-1-7-2-4(3)6;;/h1H;1H;/q-1;;+2/p-1. The minimum atomic E-state index is 1.01. The van der Waals surface area contributed by atoms with Gasteiger partial charge < -0.3 is 11.3 Å². The molecule has 0 amide bonds. The van der Waals surface area contributed by atoms with Crippen LogP contribution in [0, 0.1) is 5.38 Å². The van der Waals surface area contributed by atoms with Gasteiger partial charge in [0.25, 0.3) is 0 Å². The predicted molar refractivity (Wildman–Crippen MR) is 47.5 cm³/mol. The second-order valence-corrected chi connectivity index (χ2v) is 3.32. The quantitative estimate of drug-likeness (QED) is 0.469. The van der Waals surface area contributed by atoms with Crippen LogP contribution in [0.3, 0.4) is 0 Å². The van der Waals surface area contributed by atoms with Crippen LogP contribution in [0.25, 0.3) is 0 Å². The van der Waals surface area contributed by atoms with Crippen molar-refractivity contribution in [3.8, 4) is 0 Å². The summed E-state index contributed by atoms with van der Waals surface area (Å²) < 4.78 is 2.09. The molecule has 0 saturated carbocycles. The molecule has 5 heteroatoms. The average Bonchev–Trinajstić information content (AvgIpc) is 2.23. The van der Waals surface area contributed by atoms with Crippen LogP contribution in [0.1, 0.15) is 0 Å². The molecular weight excluding hydrogens is 385 g/mol. The van der Waals surface area contributed by atoms with Gasteiger partial charge in [-0.05, 0) is 0 Å². The maximum absolute atomic E-state index is 3.30. The van der Waals surface area contributed by atoms with Gasteiger partial charge in [0, 0.05) is 0 Å². The van der Waals surface area contributed by atoms with Crippen molar-refractivity contribution >= 4 is 56.8 Å². The molecular formula is C4HBr3SZn. The first-order valence-corrected chi connectivity index (χ1v) is 11.3. The van der Waals surface area contributed by atoms with Crippen molar-refractivity contribution in [1.29, 1.82) is 0 Å². The van der Waals surface area contributed by atoms with Gasteiger partial charge in [-0.2, -0.15) is 0 Å². The fraction of sp³-hybridized carbons (Fsp3) is 0. The second-order valence-electron chi connectivity index (χ2n) is 1.000. The van der Waals surface area contributed by atoms with E-state index in [0.717, 1.165) is 8.95 Å². The van der Waals surface area contributed by atoms with E-state index in [9.17, 15) is 0 Å². The average molecular weight is 386 g/mol. The Morgan fingerprint density at radius 2 is 2.00 bits per heavy atom. The molecule has 0 spiro atoms. The molecule has 46 valence electrons. The van der Waals surface area contributed by atoms with Crippen LogP contribution in [0.5, 0.6) is 0 Å². The molecule has 0 bridgehead atoms. The summed E-state index contributed by atoms with van der Waals surface area (Å²) in [6.07, 6.45) is 0. The molecule has 1 aromatic heterocycles. The Hall–Kier alpha value is 1.76. The van der Waals surface area contributed by atoms with Gasteiger partial charge in [0.1, 0.15) is 0 Å². The molecule has 1 heterocycles. The Morgan fingerprint density at radius 1 is 1.44 bits per heavy atom. The maximum atomic E-state index is 3.30. The van der Waals surface area contributed by atoms with Crippen LogP contribution in [-0.4, -0.2) is 0 Å². The molecule has 9 heavy (non-hydrogen) atoms. The molecule has 0 fully saturated rings. The SMILES string of the molecule is Brc1[c-]scc1Br.[Zn+][Br]. The number of hydrogen-bond acceptors (Lipinski definition) is 1. The molecule has 0 atom stereocenters. The zero-order valence-electron chi connectivity index (χ0n) is 4.33. The van der Waals surface area contributed by atoms with E-state index in [1.807, 2.05) is 5.38 Å². The molecule has 0 aliphatic rings. The van der Waals surface area contributed by atoms with Crippen molar-refractivity contribution in [1.82, 2.24) is 0 Å². The van der Waals surface area contributed by atoms with E-state index in [1.165, 1.54) is 16.3 Å². The Morgan fingerprint density at radius 3 is 2.11 bits per heavy atom. The first-order chi connectivity index (χ1) is 4.30. The number of halogens is 3.